The van der Waals surface area contributed by atoms with Gasteiger partial charge >= 0.3 is 5.97 Å². The minimum Gasteiger partial charge on any atom is -0.481 e. The maximum atomic E-state index is 10.5. The number of carboxylic acids is 1. The fraction of sp³-hybridized carbons (Fsp3) is 0.333. The number of hydrogen-bond donors (Lipinski definition) is 1. The van der Waals surface area contributed by atoms with Gasteiger partial charge in [-0.25, -0.2) is 4.98 Å². The summed E-state index contributed by atoms with van der Waals surface area (Å²) in [4.78, 5) is 14.3. The molecule has 0 aliphatic rings. The van der Waals surface area contributed by atoms with Gasteiger partial charge in [0.25, 0.3) is 0 Å². The van der Waals surface area contributed by atoms with E-state index in [1.807, 2.05) is 0 Å². The Morgan fingerprint density at radius 1 is 1.64 bits per heavy atom. The first-order valence-electron chi connectivity index (χ1n) is 4.03. The van der Waals surface area contributed by atoms with Crippen molar-refractivity contribution in [2.75, 3.05) is 0 Å². The van der Waals surface area contributed by atoms with Gasteiger partial charge in [0, 0.05) is 6.20 Å². The number of carboxylic acid groups (broad SMARTS) is 1. The lowest BCUT2D eigenvalue weighted by Gasteiger charge is -2.10. The van der Waals surface area contributed by atoms with Crippen LogP contribution in [0.1, 0.15) is 24.8 Å². The van der Waals surface area contributed by atoms with Crippen LogP contribution >= 0.6 is 23.2 Å². The molecule has 5 heteroatoms. The van der Waals surface area contributed by atoms with Crippen molar-refractivity contribution in [1.29, 1.82) is 0 Å². The Kier molecular flexibility index (Phi) is 3.72. The average molecular weight is 234 g/mol. The van der Waals surface area contributed by atoms with Gasteiger partial charge in [-0.3, -0.25) is 4.79 Å². The molecule has 0 saturated carbocycles. The zero-order chi connectivity index (χ0) is 10.7. The number of nitrogens with zero attached hydrogens (tertiary/aromatic N) is 1. The first kappa shape index (κ1) is 11.3. The number of halogens is 2. The third-order valence-electron chi connectivity index (χ3n) is 1.86. The largest absolute Gasteiger partial charge is 0.481 e. The molecule has 1 atom stereocenters. The summed E-state index contributed by atoms with van der Waals surface area (Å²) in [6.45, 7) is 1.78. The van der Waals surface area contributed by atoms with Gasteiger partial charge in [-0.05, 0) is 17.5 Å². The van der Waals surface area contributed by atoms with Crippen molar-refractivity contribution in [3.63, 3.8) is 0 Å². The molecular weight excluding hydrogens is 225 g/mol. The van der Waals surface area contributed by atoms with Crippen LogP contribution in [-0.4, -0.2) is 16.1 Å². The molecule has 0 aliphatic carbocycles. The van der Waals surface area contributed by atoms with Crippen LogP contribution in [0.4, 0.5) is 0 Å². The third-order valence-corrected chi connectivity index (χ3v) is 2.39. The van der Waals surface area contributed by atoms with E-state index in [9.17, 15) is 4.79 Å². The predicted octanol–water partition coefficient (Wildman–Crippen LogP) is 2.97. The SMILES string of the molecule is CC(CC(=O)O)c1cc(Cl)ncc1Cl. The summed E-state index contributed by atoms with van der Waals surface area (Å²) in [5, 5.41) is 9.38. The zero-order valence-electron chi connectivity index (χ0n) is 7.50. The number of pyridine rings is 1. The maximum absolute atomic E-state index is 10.5. The van der Waals surface area contributed by atoms with E-state index in [1.54, 1.807) is 13.0 Å². The first-order valence-corrected chi connectivity index (χ1v) is 4.79. The summed E-state index contributed by atoms with van der Waals surface area (Å²) in [5.41, 5.74) is 0.717. The van der Waals surface area contributed by atoms with Gasteiger partial charge in [-0.15, -0.1) is 0 Å². The number of aromatic nitrogens is 1. The molecule has 14 heavy (non-hydrogen) atoms. The number of hydrogen-bond acceptors (Lipinski definition) is 2. The minimum atomic E-state index is -0.860. The maximum Gasteiger partial charge on any atom is 0.303 e. The minimum absolute atomic E-state index is 0.0278. The highest BCUT2D eigenvalue weighted by Crippen LogP contribution is 2.27. The zero-order valence-corrected chi connectivity index (χ0v) is 9.01. The van der Waals surface area contributed by atoms with Crippen LogP contribution in [0.3, 0.4) is 0 Å². The fourth-order valence-electron chi connectivity index (χ4n) is 1.18. The third kappa shape index (κ3) is 2.86. The Morgan fingerprint density at radius 3 is 2.86 bits per heavy atom. The highest BCUT2D eigenvalue weighted by atomic mass is 35.5. The molecule has 0 spiro atoms. The fourth-order valence-corrected chi connectivity index (χ4v) is 1.63. The molecule has 1 N–H and O–H groups in total. The van der Waals surface area contributed by atoms with Gasteiger partial charge in [0.2, 0.25) is 0 Å². The van der Waals surface area contributed by atoms with Gasteiger partial charge < -0.3 is 5.11 Å². The first-order chi connectivity index (χ1) is 6.50. The Hall–Kier alpha value is -0.800. The predicted molar refractivity (Wildman–Crippen MR) is 54.9 cm³/mol. The topological polar surface area (TPSA) is 50.2 Å². The van der Waals surface area contributed by atoms with E-state index < -0.39 is 5.97 Å². The molecule has 0 aliphatic heterocycles. The van der Waals surface area contributed by atoms with E-state index in [1.165, 1.54) is 6.20 Å². The Balaban J connectivity index is 2.93. The summed E-state index contributed by atoms with van der Waals surface area (Å²) in [6.07, 6.45) is 1.46. The van der Waals surface area contributed by atoms with Gasteiger partial charge in [0.05, 0.1) is 11.4 Å². The highest BCUT2D eigenvalue weighted by Gasteiger charge is 2.14. The molecule has 0 bridgehead atoms. The van der Waals surface area contributed by atoms with Crippen LogP contribution < -0.4 is 0 Å². The van der Waals surface area contributed by atoms with Crippen molar-refractivity contribution in [3.8, 4) is 0 Å². The molecule has 3 nitrogen and oxygen atoms in total. The second-order valence-electron chi connectivity index (χ2n) is 3.03. The highest BCUT2D eigenvalue weighted by molar-refractivity contribution is 6.32. The molecule has 1 aromatic rings. The van der Waals surface area contributed by atoms with Crippen molar-refractivity contribution in [2.45, 2.75) is 19.3 Å². The summed E-state index contributed by atoms with van der Waals surface area (Å²) in [7, 11) is 0. The van der Waals surface area contributed by atoms with Gasteiger partial charge in [-0.1, -0.05) is 30.1 Å². The second-order valence-corrected chi connectivity index (χ2v) is 3.82. The number of aliphatic carboxylic acids is 1. The van der Waals surface area contributed by atoms with Crippen LogP contribution in [0, 0.1) is 0 Å². The standard InChI is InChI=1S/C9H9Cl2NO2/c1-5(2-9(13)14)6-3-8(11)12-4-7(6)10/h3-5H,2H2,1H3,(H,13,14). The van der Waals surface area contributed by atoms with Crippen molar-refractivity contribution < 1.29 is 9.90 Å². The Bertz CT molecular complexity index is 355. The van der Waals surface area contributed by atoms with Gasteiger partial charge in [-0.2, -0.15) is 0 Å². The smallest absolute Gasteiger partial charge is 0.303 e. The summed E-state index contributed by atoms with van der Waals surface area (Å²) < 4.78 is 0. The quantitative estimate of drug-likeness (QED) is 0.818. The molecule has 0 fully saturated rings. The lowest BCUT2D eigenvalue weighted by molar-refractivity contribution is -0.137. The summed E-state index contributed by atoms with van der Waals surface area (Å²) in [5.74, 6) is -1.03. The van der Waals surface area contributed by atoms with E-state index in [0.717, 1.165) is 0 Å². The lowest BCUT2D eigenvalue weighted by atomic mass is 9.99. The molecule has 1 aromatic heterocycles. The summed E-state index contributed by atoms with van der Waals surface area (Å²) in [6, 6.07) is 1.59. The molecule has 1 rings (SSSR count). The average Bonchev–Trinajstić information content (AvgIpc) is 2.08. The number of carbonyl (C=O) groups is 1. The van der Waals surface area contributed by atoms with Gasteiger partial charge in [0.15, 0.2) is 0 Å². The van der Waals surface area contributed by atoms with Crippen LogP contribution in [0.2, 0.25) is 10.2 Å². The van der Waals surface area contributed by atoms with Crippen LogP contribution in [0.15, 0.2) is 12.3 Å². The van der Waals surface area contributed by atoms with Crippen molar-refractivity contribution in [1.82, 2.24) is 4.98 Å². The molecule has 0 radical (unpaired) electrons. The normalized spacial score (nSPS) is 12.5. The Morgan fingerprint density at radius 2 is 2.29 bits per heavy atom. The summed E-state index contributed by atoms with van der Waals surface area (Å²) >= 11 is 11.5. The van der Waals surface area contributed by atoms with E-state index in [4.69, 9.17) is 28.3 Å². The second kappa shape index (κ2) is 4.62. The van der Waals surface area contributed by atoms with Crippen LogP contribution in [0.5, 0.6) is 0 Å². The van der Waals surface area contributed by atoms with Crippen LogP contribution in [-0.2, 0) is 4.79 Å². The van der Waals surface area contributed by atoms with E-state index in [2.05, 4.69) is 4.98 Å². The monoisotopic (exact) mass is 233 g/mol. The molecule has 1 unspecified atom stereocenters. The lowest BCUT2D eigenvalue weighted by Crippen LogP contribution is -2.03. The molecule has 1 heterocycles. The van der Waals surface area contributed by atoms with E-state index in [0.29, 0.717) is 15.7 Å². The van der Waals surface area contributed by atoms with Crippen molar-refractivity contribution in [3.05, 3.63) is 28.0 Å². The van der Waals surface area contributed by atoms with Gasteiger partial charge in [0.1, 0.15) is 5.15 Å². The molecular formula is C9H9Cl2NO2. The molecule has 0 aromatic carbocycles. The number of rotatable bonds is 3. The Labute approximate surface area is 91.7 Å². The van der Waals surface area contributed by atoms with Crippen LogP contribution in [0.25, 0.3) is 0 Å². The molecule has 76 valence electrons. The molecule has 0 amide bonds. The van der Waals surface area contributed by atoms with Crippen molar-refractivity contribution in [2.24, 2.45) is 0 Å². The van der Waals surface area contributed by atoms with E-state index >= 15 is 0 Å². The van der Waals surface area contributed by atoms with Crippen molar-refractivity contribution >= 4 is 29.2 Å². The molecule has 0 saturated heterocycles. The van der Waals surface area contributed by atoms with E-state index in [-0.39, 0.29) is 12.3 Å².